The number of unbranched alkanes of at least 4 members (excludes halogenated alkanes) is 1. The van der Waals surface area contributed by atoms with Gasteiger partial charge in [-0.2, -0.15) is 28.1 Å². The van der Waals surface area contributed by atoms with Crippen molar-refractivity contribution < 1.29 is 27.5 Å². The lowest BCUT2D eigenvalue weighted by Gasteiger charge is -2.35. The molecule has 0 bridgehead atoms. The summed E-state index contributed by atoms with van der Waals surface area (Å²) in [6.45, 7) is 6.12. The number of amides is 2. The molecular formula is C37H40F3N9O4. The number of benzene rings is 2. The van der Waals surface area contributed by atoms with E-state index in [9.17, 15) is 27.6 Å². The van der Waals surface area contributed by atoms with Crippen LogP contribution in [0.15, 0.2) is 59.5 Å². The lowest BCUT2D eigenvalue weighted by atomic mass is 9.89. The smallest absolute Gasteiger partial charge is 0.417 e. The van der Waals surface area contributed by atoms with E-state index in [0.717, 1.165) is 74.9 Å². The van der Waals surface area contributed by atoms with E-state index in [-0.39, 0.29) is 30.1 Å². The van der Waals surface area contributed by atoms with E-state index < -0.39 is 29.4 Å². The molecule has 2 amide bonds. The van der Waals surface area contributed by atoms with Crippen molar-refractivity contribution in [2.24, 2.45) is 0 Å². The molecule has 3 saturated heterocycles. The summed E-state index contributed by atoms with van der Waals surface area (Å²) in [6, 6.07) is 14.6. The van der Waals surface area contributed by atoms with E-state index in [1.54, 1.807) is 24.4 Å². The van der Waals surface area contributed by atoms with E-state index in [1.165, 1.54) is 16.0 Å². The maximum Gasteiger partial charge on any atom is 0.417 e. The molecule has 0 saturated carbocycles. The number of aromatic nitrogens is 4. The average Bonchev–Trinajstić information content (AvgIpc) is 3.49. The van der Waals surface area contributed by atoms with E-state index in [1.807, 2.05) is 17.0 Å². The van der Waals surface area contributed by atoms with Gasteiger partial charge in [0.2, 0.25) is 5.91 Å². The van der Waals surface area contributed by atoms with Crippen LogP contribution in [-0.4, -0.2) is 88.3 Å². The highest BCUT2D eigenvalue weighted by molar-refractivity contribution is 5.99. The number of nitrogens with one attached hydrogen (secondary N) is 1. The molecule has 3 aliphatic heterocycles. The fourth-order valence-electron chi connectivity index (χ4n) is 7.36. The summed E-state index contributed by atoms with van der Waals surface area (Å²) >= 11 is 0. The number of piperidine rings is 2. The van der Waals surface area contributed by atoms with E-state index in [0.29, 0.717) is 37.1 Å². The number of nitriles is 1. The molecule has 4 aromatic rings. The van der Waals surface area contributed by atoms with E-state index in [2.05, 4.69) is 37.3 Å². The first-order valence-electron chi connectivity index (χ1n) is 18.0. The molecule has 2 aromatic heterocycles. The number of halogens is 3. The predicted molar refractivity (Wildman–Crippen MR) is 189 cm³/mol. The number of hydrogen-bond acceptors (Lipinski definition) is 10. The fraction of sp³-hybridized carbons (Fsp3) is 0.459. The Morgan fingerprint density at radius 1 is 0.906 bits per heavy atom. The second-order valence-electron chi connectivity index (χ2n) is 13.7. The van der Waals surface area contributed by atoms with Crippen LogP contribution in [0.1, 0.15) is 67.2 Å². The van der Waals surface area contributed by atoms with Crippen LogP contribution < -0.4 is 25.5 Å². The van der Waals surface area contributed by atoms with E-state index >= 15 is 0 Å². The van der Waals surface area contributed by atoms with Crippen molar-refractivity contribution in [3.63, 3.8) is 0 Å². The normalized spacial score (nSPS) is 19.0. The van der Waals surface area contributed by atoms with Crippen LogP contribution in [0.25, 0.3) is 5.78 Å². The molecule has 53 heavy (non-hydrogen) atoms. The largest absolute Gasteiger partial charge is 0.494 e. The maximum absolute atomic E-state index is 13.4. The summed E-state index contributed by atoms with van der Waals surface area (Å²) in [6.07, 6.45) is 0.969. The van der Waals surface area contributed by atoms with Gasteiger partial charge >= 0.3 is 11.9 Å². The first kappa shape index (κ1) is 36.0. The molecule has 3 aliphatic rings. The summed E-state index contributed by atoms with van der Waals surface area (Å²) in [5, 5.41) is 15.7. The van der Waals surface area contributed by atoms with Gasteiger partial charge in [-0.05, 0) is 86.5 Å². The van der Waals surface area contributed by atoms with Crippen LogP contribution in [-0.2, 0) is 15.8 Å². The first-order chi connectivity index (χ1) is 25.6. The van der Waals surface area contributed by atoms with Gasteiger partial charge in [-0.3, -0.25) is 19.8 Å². The molecule has 13 nitrogen and oxygen atoms in total. The molecule has 1 atom stereocenters. The number of anilines is 2. The predicted octanol–water partition coefficient (Wildman–Crippen LogP) is 4.12. The van der Waals surface area contributed by atoms with Gasteiger partial charge in [0, 0.05) is 57.6 Å². The monoisotopic (exact) mass is 731 g/mol. The Morgan fingerprint density at radius 3 is 2.36 bits per heavy atom. The third kappa shape index (κ3) is 7.99. The van der Waals surface area contributed by atoms with Crippen LogP contribution in [0, 0.1) is 11.3 Å². The summed E-state index contributed by atoms with van der Waals surface area (Å²) in [4.78, 5) is 47.8. The van der Waals surface area contributed by atoms with Crippen molar-refractivity contribution in [3.05, 3.63) is 81.9 Å². The van der Waals surface area contributed by atoms with Crippen LogP contribution in [0.4, 0.5) is 24.7 Å². The van der Waals surface area contributed by atoms with Crippen molar-refractivity contribution in [1.82, 2.24) is 29.4 Å². The molecule has 2 aromatic carbocycles. The summed E-state index contributed by atoms with van der Waals surface area (Å²) in [7, 11) is 0. The maximum atomic E-state index is 13.4. The molecule has 1 unspecified atom stereocenters. The molecule has 7 rings (SSSR count). The van der Waals surface area contributed by atoms with Crippen LogP contribution in [0.5, 0.6) is 5.75 Å². The SMILES string of the molecule is N#Cc1ccc(N2CCC(c3ccc(OCCCCN4CCN(c5ccn6c(=O)n(C7CCC(=O)NC7=O)nc6n5)CC4)cc3)CC2)cc1C(F)(F)F. The Labute approximate surface area is 303 Å². The molecule has 278 valence electrons. The van der Waals surface area contributed by atoms with Crippen LogP contribution >= 0.6 is 0 Å². The zero-order valence-electron chi connectivity index (χ0n) is 29.1. The zero-order chi connectivity index (χ0) is 37.1. The number of hydrogen-bond donors (Lipinski definition) is 1. The minimum Gasteiger partial charge on any atom is -0.494 e. The molecule has 3 fully saturated rings. The number of nitrogens with zero attached hydrogens (tertiary/aromatic N) is 8. The topological polar surface area (TPSA) is 141 Å². The van der Waals surface area contributed by atoms with Crippen LogP contribution in [0.3, 0.4) is 0 Å². The second-order valence-corrected chi connectivity index (χ2v) is 13.7. The van der Waals surface area contributed by atoms with Gasteiger partial charge < -0.3 is 14.5 Å². The van der Waals surface area contributed by atoms with Crippen molar-refractivity contribution >= 4 is 29.1 Å². The minimum atomic E-state index is -4.57. The van der Waals surface area contributed by atoms with Crippen LogP contribution in [0.2, 0.25) is 0 Å². The van der Waals surface area contributed by atoms with Gasteiger partial charge in [0.15, 0.2) is 0 Å². The number of rotatable bonds is 10. The molecule has 1 N–H and O–H groups in total. The number of imide groups is 1. The third-order valence-electron chi connectivity index (χ3n) is 10.4. The van der Waals surface area contributed by atoms with Crippen molar-refractivity contribution in [2.75, 3.05) is 62.2 Å². The Balaban J connectivity index is 0.815. The summed E-state index contributed by atoms with van der Waals surface area (Å²) < 4.78 is 48.8. The highest BCUT2D eigenvalue weighted by Gasteiger charge is 2.35. The molecular weight excluding hydrogens is 691 g/mol. The number of carbonyl (C=O) groups excluding carboxylic acids is 2. The third-order valence-corrected chi connectivity index (χ3v) is 10.4. The molecule has 0 aliphatic carbocycles. The highest BCUT2D eigenvalue weighted by atomic mass is 19.4. The fourth-order valence-corrected chi connectivity index (χ4v) is 7.36. The van der Waals surface area contributed by atoms with Gasteiger partial charge in [0.05, 0.1) is 23.8 Å². The average molecular weight is 732 g/mol. The summed E-state index contributed by atoms with van der Waals surface area (Å²) in [5.41, 5.74) is -0.0313. The van der Waals surface area contributed by atoms with Gasteiger partial charge in [-0.15, -0.1) is 5.10 Å². The van der Waals surface area contributed by atoms with Crippen molar-refractivity contribution in [3.8, 4) is 11.8 Å². The lowest BCUT2D eigenvalue weighted by molar-refractivity contribution is -0.138. The summed E-state index contributed by atoms with van der Waals surface area (Å²) in [5.74, 6) is 1.17. The molecule has 0 spiro atoms. The zero-order valence-corrected chi connectivity index (χ0v) is 29.1. The number of carbonyl (C=O) groups is 2. The standard InChI is InChI=1S/C37H40F3N9O4/c38-37(39,40)30-23-28(6-3-27(30)24-41)46-15-11-26(12-16-46)25-4-7-29(8-5-25)53-22-2-1-14-45-18-20-47(21-19-45)32-13-17-48-35(42-32)44-49(36(48)52)31-9-10-33(50)43-34(31)51/h3-8,13,17,23,26,31H,1-2,9-12,14-16,18-22H2,(H,43,50,51). The molecule has 5 heterocycles. The van der Waals surface area contributed by atoms with Crippen molar-refractivity contribution in [2.45, 2.75) is 56.7 Å². The Bertz CT molecular complexity index is 2060. The highest BCUT2D eigenvalue weighted by Crippen LogP contribution is 2.37. The first-order valence-corrected chi connectivity index (χ1v) is 18.0. The van der Waals surface area contributed by atoms with Gasteiger partial charge in [-0.1, -0.05) is 12.1 Å². The van der Waals surface area contributed by atoms with Gasteiger partial charge in [0.1, 0.15) is 17.6 Å². The van der Waals surface area contributed by atoms with Gasteiger partial charge in [0.25, 0.3) is 11.7 Å². The van der Waals surface area contributed by atoms with Gasteiger partial charge in [-0.25, -0.2) is 9.20 Å². The Morgan fingerprint density at radius 2 is 1.66 bits per heavy atom. The Kier molecular flexibility index (Phi) is 10.4. The number of piperazine rings is 1. The molecule has 0 radical (unpaired) electrons. The molecule has 16 heteroatoms. The second kappa shape index (κ2) is 15.3. The minimum absolute atomic E-state index is 0.151. The lowest BCUT2D eigenvalue weighted by Crippen LogP contribution is -2.47. The van der Waals surface area contributed by atoms with E-state index in [4.69, 9.17) is 10.00 Å². The quantitative estimate of drug-likeness (QED) is 0.187. The number of alkyl halides is 3. The number of ether oxygens (including phenoxy) is 1. The number of fused-ring (bicyclic) bond motifs is 1. The Hall–Kier alpha value is -5.43. The van der Waals surface area contributed by atoms with Crippen molar-refractivity contribution in [1.29, 1.82) is 5.26 Å².